The zero-order valence-electron chi connectivity index (χ0n) is 10.6. The maximum Gasteiger partial charge on any atom is 0.208 e. The molecule has 1 rings (SSSR count). The molecule has 1 aromatic rings. The van der Waals surface area contributed by atoms with Crippen molar-refractivity contribution in [1.29, 1.82) is 0 Å². The second kappa shape index (κ2) is 8.47. The van der Waals surface area contributed by atoms with Gasteiger partial charge in [0, 0.05) is 42.0 Å². The molecule has 0 aliphatic rings. The summed E-state index contributed by atoms with van der Waals surface area (Å²) in [6, 6.07) is 2.10. The van der Waals surface area contributed by atoms with Crippen molar-refractivity contribution in [2.75, 3.05) is 27.3 Å². The normalized spacial score (nSPS) is 11.7. The highest BCUT2D eigenvalue weighted by atomic mass is 79.9. The molecule has 0 saturated heterocycles. The first-order valence-corrected chi connectivity index (χ1v) is 7.28. The Bertz CT molecular complexity index is 383. The molecule has 0 bridgehead atoms. The molecular formula is C11H19BrN4OS. The fourth-order valence-electron chi connectivity index (χ4n) is 1.42. The number of halogens is 1. The van der Waals surface area contributed by atoms with Gasteiger partial charge in [-0.05, 0) is 28.4 Å². The van der Waals surface area contributed by atoms with Crippen LogP contribution in [0, 0.1) is 0 Å². The number of nitrogens with zero attached hydrogens (tertiary/aromatic N) is 2. The van der Waals surface area contributed by atoms with Gasteiger partial charge in [-0.2, -0.15) is 0 Å². The van der Waals surface area contributed by atoms with E-state index in [1.54, 1.807) is 18.4 Å². The van der Waals surface area contributed by atoms with Gasteiger partial charge in [-0.15, -0.1) is 11.3 Å². The highest BCUT2D eigenvalue weighted by Gasteiger charge is 2.07. The van der Waals surface area contributed by atoms with E-state index in [2.05, 4.69) is 37.8 Å². The van der Waals surface area contributed by atoms with E-state index < -0.39 is 0 Å². The Labute approximate surface area is 120 Å². The molecule has 0 unspecified atom stereocenters. The molecule has 0 radical (unpaired) electrons. The summed E-state index contributed by atoms with van der Waals surface area (Å²) in [4.78, 5) is 7.65. The molecule has 1 heterocycles. The molecule has 0 atom stereocenters. The number of aliphatic imine (C=N–C) groups is 1. The quantitative estimate of drug-likeness (QED) is 0.274. The summed E-state index contributed by atoms with van der Waals surface area (Å²) in [5.74, 6) is 6.18. The van der Waals surface area contributed by atoms with Gasteiger partial charge in [0.05, 0.1) is 6.54 Å². The third-order valence-electron chi connectivity index (χ3n) is 2.27. The third kappa shape index (κ3) is 5.34. The van der Waals surface area contributed by atoms with Gasteiger partial charge in [-0.1, -0.05) is 0 Å². The summed E-state index contributed by atoms with van der Waals surface area (Å²) < 4.78 is 6.08. The largest absolute Gasteiger partial charge is 0.385 e. The van der Waals surface area contributed by atoms with Crippen molar-refractivity contribution >= 4 is 33.2 Å². The topological polar surface area (TPSA) is 62.9 Å². The third-order valence-corrected chi connectivity index (χ3v) is 3.96. The van der Waals surface area contributed by atoms with E-state index in [9.17, 15) is 0 Å². The predicted octanol–water partition coefficient (Wildman–Crippen LogP) is 1.80. The van der Waals surface area contributed by atoms with Crippen molar-refractivity contribution in [2.24, 2.45) is 10.8 Å². The minimum Gasteiger partial charge on any atom is -0.385 e. The first-order valence-electron chi connectivity index (χ1n) is 5.61. The smallest absolute Gasteiger partial charge is 0.208 e. The zero-order chi connectivity index (χ0) is 13.4. The number of nitrogens with two attached hydrogens (primary N) is 1. The lowest BCUT2D eigenvalue weighted by Crippen LogP contribution is -2.42. The molecule has 0 spiro atoms. The van der Waals surface area contributed by atoms with Gasteiger partial charge in [0.1, 0.15) is 0 Å². The Kier molecular flexibility index (Phi) is 7.26. The minimum absolute atomic E-state index is 0.690. The van der Waals surface area contributed by atoms with E-state index in [0.717, 1.165) is 17.4 Å². The SMILES string of the molecule is COCCCN=C(NN)N(C)Cc1cc(Br)cs1. The summed E-state index contributed by atoms with van der Waals surface area (Å²) in [5.41, 5.74) is 2.63. The van der Waals surface area contributed by atoms with Crippen LogP contribution >= 0.6 is 27.3 Å². The van der Waals surface area contributed by atoms with Crippen molar-refractivity contribution in [1.82, 2.24) is 10.3 Å². The summed E-state index contributed by atoms with van der Waals surface area (Å²) in [6.07, 6.45) is 0.889. The Hall–Kier alpha value is -0.630. The van der Waals surface area contributed by atoms with Gasteiger partial charge in [0.15, 0.2) is 0 Å². The number of hydrogen-bond acceptors (Lipinski definition) is 4. The number of guanidine groups is 1. The van der Waals surface area contributed by atoms with Crippen LogP contribution in [0.15, 0.2) is 20.9 Å². The number of ether oxygens (including phenoxy) is 1. The van der Waals surface area contributed by atoms with Crippen LogP contribution in [0.25, 0.3) is 0 Å². The van der Waals surface area contributed by atoms with Gasteiger partial charge in [0.25, 0.3) is 0 Å². The Balaban J connectivity index is 2.48. The molecule has 102 valence electrons. The van der Waals surface area contributed by atoms with Crippen LogP contribution in [0.5, 0.6) is 0 Å². The lowest BCUT2D eigenvalue weighted by Gasteiger charge is -2.19. The molecule has 0 fully saturated rings. The van der Waals surface area contributed by atoms with Crippen molar-refractivity contribution in [3.8, 4) is 0 Å². The van der Waals surface area contributed by atoms with E-state index in [1.807, 2.05) is 11.9 Å². The highest BCUT2D eigenvalue weighted by Crippen LogP contribution is 2.20. The van der Waals surface area contributed by atoms with Crippen LogP contribution in [-0.4, -0.2) is 38.2 Å². The fraction of sp³-hybridized carbons (Fsp3) is 0.545. The summed E-state index contributed by atoms with van der Waals surface area (Å²) in [7, 11) is 3.65. The molecule has 18 heavy (non-hydrogen) atoms. The first-order chi connectivity index (χ1) is 8.67. The maximum absolute atomic E-state index is 5.49. The molecule has 0 aromatic carbocycles. The van der Waals surface area contributed by atoms with Crippen LogP contribution in [0.4, 0.5) is 0 Å². The van der Waals surface area contributed by atoms with Crippen LogP contribution in [-0.2, 0) is 11.3 Å². The summed E-state index contributed by atoms with van der Waals surface area (Å²) in [5, 5.41) is 2.06. The molecule has 5 nitrogen and oxygen atoms in total. The average Bonchev–Trinajstić information content (AvgIpc) is 2.75. The van der Waals surface area contributed by atoms with Crippen molar-refractivity contribution in [3.05, 3.63) is 20.8 Å². The maximum atomic E-state index is 5.49. The van der Waals surface area contributed by atoms with Gasteiger partial charge < -0.3 is 9.64 Å². The number of nitrogens with one attached hydrogen (secondary N) is 1. The van der Waals surface area contributed by atoms with E-state index >= 15 is 0 Å². The molecular weight excluding hydrogens is 316 g/mol. The average molecular weight is 335 g/mol. The lowest BCUT2D eigenvalue weighted by atomic mass is 10.4. The van der Waals surface area contributed by atoms with Crippen molar-refractivity contribution in [3.63, 3.8) is 0 Å². The molecule has 7 heteroatoms. The monoisotopic (exact) mass is 334 g/mol. The van der Waals surface area contributed by atoms with Crippen molar-refractivity contribution in [2.45, 2.75) is 13.0 Å². The van der Waals surface area contributed by atoms with Crippen LogP contribution < -0.4 is 11.3 Å². The number of thiophene rings is 1. The van der Waals surface area contributed by atoms with E-state index in [0.29, 0.717) is 19.1 Å². The van der Waals surface area contributed by atoms with Gasteiger partial charge in [-0.3, -0.25) is 10.4 Å². The number of hydrogen-bond donors (Lipinski definition) is 2. The second-order valence-corrected chi connectivity index (χ2v) is 5.69. The summed E-state index contributed by atoms with van der Waals surface area (Å²) in [6.45, 7) is 2.19. The Morgan fingerprint density at radius 3 is 3.00 bits per heavy atom. The molecule has 0 saturated carbocycles. The number of rotatable bonds is 6. The number of methoxy groups -OCH3 is 1. The van der Waals surface area contributed by atoms with E-state index in [4.69, 9.17) is 10.6 Å². The van der Waals surface area contributed by atoms with E-state index in [1.165, 1.54) is 4.88 Å². The molecule has 0 amide bonds. The van der Waals surface area contributed by atoms with Crippen LogP contribution in [0.1, 0.15) is 11.3 Å². The highest BCUT2D eigenvalue weighted by molar-refractivity contribution is 9.10. The van der Waals surface area contributed by atoms with Crippen LogP contribution in [0.3, 0.4) is 0 Å². The zero-order valence-corrected chi connectivity index (χ0v) is 13.1. The number of hydrazine groups is 1. The minimum atomic E-state index is 0.690. The Morgan fingerprint density at radius 1 is 1.67 bits per heavy atom. The second-order valence-electron chi connectivity index (χ2n) is 3.78. The summed E-state index contributed by atoms with van der Waals surface area (Å²) >= 11 is 5.15. The Morgan fingerprint density at radius 2 is 2.44 bits per heavy atom. The molecule has 3 N–H and O–H groups in total. The van der Waals surface area contributed by atoms with Gasteiger partial charge >= 0.3 is 0 Å². The van der Waals surface area contributed by atoms with Crippen LogP contribution in [0.2, 0.25) is 0 Å². The fourth-order valence-corrected chi connectivity index (χ4v) is 2.92. The molecule has 1 aromatic heterocycles. The standard InChI is InChI=1S/C11H19BrN4OS/c1-16(7-10-6-9(12)8-18-10)11(15-13)14-4-3-5-17-2/h6,8H,3-5,7,13H2,1-2H3,(H,14,15). The van der Waals surface area contributed by atoms with Crippen molar-refractivity contribution < 1.29 is 4.74 Å². The predicted molar refractivity (Wildman–Crippen MR) is 79.6 cm³/mol. The van der Waals surface area contributed by atoms with Gasteiger partial charge in [0.2, 0.25) is 5.96 Å². The lowest BCUT2D eigenvalue weighted by molar-refractivity contribution is 0.197. The van der Waals surface area contributed by atoms with Gasteiger partial charge in [-0.25, -0.2) is 5.84 Å². The molecule has 0 aliphatic heterocycles. The van der Waals surface area contributed by atoms with E-state index in [-0.39, 0.29) is 0 Å². The first kappa shape index (κ1) is 15.4. The molecule has 0 aliphatic carbocycles.